The average Bonchev–Trinajstić information content (AvgIpc) is 3.42. The van der Waals surface area contributed by atoms with Crippen LogP contribution in [0.15, 0.2) is 84.9 Å². The maximum atomic E-state index is 13.2. The molecular weight excluding hydrogens is 490 g/mol. The highest BCUT2D eigenvalue weighted by atomic mass is 28.3. The standard InChI is InChI=1S/C32H38NO4Si/c1-32(2,3)27-18-20-29(21-19-27)38(28-16-8-5-9-17-28)37-36-31(35)24-33(23-26-14-6-4-7-15-26)30(34)22-25-12-10-11-13-25/h4-9,14-21,25H,10-13,22-24H2,1-3H3. The molecule has 1 saturated carbocycles. The van der Waals surface area contributed by atoms with E-state index in [1.165, 1.54) is 18.4 Å². The van der Waals surface area contributed by atoms with Gasteiger partial charge in [0, 0.05) is 13.0 Å². The van der Waals surface area contributed by atoms with Crippen LogP contribution in [-0.4, -0.2) is 32.4 Å². The molecule has 0 spiro atoms. The summed E-state index contributed by atoms with van der Waals surface area (Å²) in [5, 5.41) is 1.97. The number of hydrogen-bond donors (Lipinski definition) is 0. The van der Waals surface area contributed by atoms with Crippen molar-refractivity contribution >= 4 is 31.3 Å². The largest absolute Gasteiger partial charge is 0.360 e. The molecular formula is C32H38NO4Si. The number of amides is 1. The summed E-state index contributed by atoms with van der Waals surface area (Å²) in [4.78, 5) is 33.2. The Kier molecular flexibility index (Phi) is 9.53. The van der Waals surface area contributed by atoms with Gasteiger partial charge in [-0.05, 0) is 45.7 Å². The smallest absolute Gasteiger partial charge is 0.327 e. The Bertz CT molecular complexity index is 1170. The zero-order valence-corrected chi connectivity index (χ0v) is 23.7. The highest BCUT2D eigenvalue weighted by Crippen LogP contribution is 2.28. The zero-order valence-electron chi connectivity index (χ0n) is 22.7. The third kappa shape index (κ3) is 7.89. The molecule has 38 heavy (non-hydrogen) atoms. The molecule has 0 atom stereocenters. The lowest BCUT2D eigenvalue weighted by Crippen LogP contribution is -2.46. The summed E-state index contributed by atoms with van der Waals surface area (Å²) in [5.41, 5.74) is 2.25. The van der Waals surface area contributed by atoms with Crippen LogP contribution in [0.4, 0.5) is 0 Å². The Hall–Kier alpha value is -3.22. The van der Waals surface area contributed by atoms with Crippen LogP contribution < -0.4 is 10.4 Å². The first-order valence-electron chi connectivity index (χ1n) is 13.5. The normalized spacial score (nSPS) is 14.0. The second kappa shape index (κ2) is 13.0. The highest BCUT2D eigenvalue weighted by molar-refractivity contribution is 6.79. The summed E-state index contributed by atoms with van der Waals surface area (Å²) in [6.07, 6.45) is 4.98. The molecule has 1 aliphatic carbocycles. The molecule has 1 amide bonds. The van der Waals surface area contributed by atoms with Crippen molar-refractivity contribution in [2.45, 2.75) is 64.8 Å². The number of carbonyl (C=O) groups excluding carboxylic acids is 2. The van der Waals surface area contributed by atoms with Crippen molar-refractivity contribution in [3.8, 4) is 0 Å². The second-order valence-corrected chi connectivity index (χ2v) is 13.1. The molecule has 1 fully saturated rings. The van der Waals surface area contributed by atoms with Gasteiger partial charge in [-0.15, -0.1) is 0 Å². The van der Waals surface area contributed by atoms with E-state index in [1.54, 1.807) is 4.90 Å². The van der Waals surface area contributed by atoms with Crippen LogP contribution in [0.25, 0.3) is 0 Å². The quantitative estimate of drug-likeness (QED) is 0.207. The van der Waals surface area contributed by atoms with Crippen molar-refractivity contribution in [1.82, 2.24) is 4.90 Å². The molecule has 3 aromatic carbocycles. The topological polar surface area (TPSA) is 55.8 Å². The lowest BCUT2D eigenvalue weighted by molar-refractivity contribution is -0.216. The molecule has 0 bridgehead atoms. The minimum atomic E-state index is -1.83. The van der Waals surface area contributed by atoms with Crippen LogP contribution in [0, 0.1) is 5.92 Å². The van der Waals surface area contributed by atoms with Crippen molar-refractivity contribution in [1.29, 1.82) is 0 Å². The van der Waals surface area contributed by atoms with E-state index in [9.17, 15) is 9.59 Å². The number of hydrogen-bond acceptors (Lipinski definition) is 4. The lowest BCUT2D eigenvalue weighted by Gasteiger charge is -2.24. The molecule has 6 heteroatoms. The fourth-order valence-corrected chi connectivity index (χ4v) is 6.54. The first-order valence-corrected chi connectivity index (χ1v) is 14.9. The molecule has 1 radical (unpaired) electrons. The van der Waals surface area contributed by atoms with E-state index in [0.29, 0.717) is 18.9 Å². The summed E-state index contributed by atoms with van der Waals surface area (Å²) in [5.74, 6) is -0.175. The van der Waals surface area contributed by atoms with E-state index in [4.69, 9.17) is 9.46 Å². The molecule has 1 aliphatic rings. The zero-order chi connectivity index (χ0) is 27.0. The molecule has 199 valence electrons. The van der Waals surface area contributed by atoms with Gasteiger partial charge < -0.3 is 9.79 Å². The van der Waals surface area contributed by atoms with Crippen LogP contribution in [-0.2, 0) is 31.0 Å². The van der Waals surface area contributed by atoms with Gasteiger partial charge in [-0.3, -0.25) is 4.79 Å². The number of nitrogens with zero attached hydrogens (tertiary/aromatic N) is 1. The number of rotatable bonds is 10. The van der Waals surface area contributed by atoms with Crippen molar-refractivity contribution in [3.05, 3.63) is 96.1 Å². The van der Waals surface area contributed by atoms with Crippen LogP contribution >= 0.6 is 0 Å². The maximum Gasteiger partial charge on any atom is 0.360 e. The molecule has 4 rings (SSSR count). The molecule has 0 heterocycles. The molecule has 0 aromatic heterocycles. The van der Waals surface area contributed by atoms with Gasteiger partial charge in [0.1, 0.15) is 6.54 Å². The van der Waals surface area contributed by atoms with E-state index >= 15 is 0 Å². The van der Waals surface area contributed by atoms with Crippen molar-refractivity contribution in [3.63, 3.8) is 0 Å². The Morgan fingerprint density at radius 1 is 0.842 bits per heavy atom. The van der Waals surface area contributed by atoms with Gasteiger partial charge >= 0.3 is 15.0 Å². The fraction of sp³-hybridized carbons (Fsp3) is 0.375. The van der Waals surface area contributed by atoms with Crippen LogP contribution in [0.3, 0.4) is 0 Å². The van der Waals surface area contributed by atoms with Crippen LogP contribution in [0.1, 0.15) is 64.0 Å². The molecule has 0 saturated heterocycles. The van der Waals surface area contributed by atoms with Gasteiger partial charge in [0.25, 0.3) is 0 Å². The molecule has 5 nitrogen and oxygen atoms in total. The van der Waals surface area contributed by atoms with Gasteiger partial charge in [0.05, 0.1) is 0 Å². The summed E-state index contributed by atoms with van der Waals surface area (Å²) in [6, 6.07) is 27.9. The van der Waals surface area contributed by atoms with Gasteiger partial charge in [0.2, 0.25) is 5.91 Å². The van der Waals surface area contributed by atoms with Crippen molar-refractivity contribution in [2.24, 2.45) is 5.92 Å². The van der Waals surface area contributed by atoms with E-state index in [1.807, 2.05) is 60.7 Å². The van der Waals surface area contributed by atoms with Gasteiger partial charge in [-0.2, -0.15) is 0 Å². The average molecular weight is 529 g/mol. The first-order chi connectivity index (χ1) is 18.3. The highest BCUT2D eigenvalue weighted by Gasteiger charge is 2.27. The minimum Gasteiger partial charge on any atom is -0.327 e. The second-order valence-electron chi connectivity index (χ2n) is 11.2. The molecule has 0 N–H and O–H groups in total. The molecule has 0 unspecified atom stereocenters. The molecule has 0 aliphatic heterocycles. The summed E-state index contributed by atoms with van der Waals surface area (Å²) in [6.45, 7) is 6.76. The Morgan fingerprint density at radius 2 is 1.42 bits per heavy atom. The first kappa shape index (κ1) is 27.8. The van der Waals surface area contributed by atoms with Crippen LogP contribution in [0.5, 0.6) is 0 Å². The van der Waals surface area contributed by atoms with Gasteiger partial charge in [-0.1, -0.05) is 119 Å². The van der Waals surface area contributed by atoms with Crippen LogP contribution in [0.2, 0.25) is 0 Å². The predicted octanol–water partition coefficient (Wildman–Crippen LogP) is 5.17. The third-order valence-electron chi connectivity index (χ3n) is 7.09. The molecule has 3 aromatic rings. The summed E-state index contributed by atoms with van der Waals surface area (Å²) in [7, 11) is -1.83. The number of carbonyl (C=O) groups is 2. The van der Waals surface area contributed by atoms with Crippen molar-refractivity contribution < 1.29 is 19.1 Å². The third-order valence-corrected chi connectivity index (χ3v) is 9.06. The summed E-state index contributed by atoms with van der Waals surface area (Å²) < 4.78 is 5.88. The number of benzene rings is 3. The monoisotopic (exact) mass is 528 g/mol. The Morgan fingerprint density at radius 3 is 2.03 bits per heavy atom. The van der Waals surface area contributed by atoms with Gasteiger partial charge in [-0.25, -0.2) is 9.37 Å². The Balaban J connectivity index is 1.46. The van der Waals surface area contributed by atoms with E-state index in [0.717, 1.165) is 28.8 Å². The SMILES string of the molecule is CC(C)(C)c1ccc([Si](OOC(=O)CN(Cc2ccccc2)C(=O)CC2CCCC2)c2ccccc2)cc1. The maximum absolute atomic E-state index is 13.2. The van der Waals surface area contributed by atoms with E-state index in [2.05, 4.69) is 45.0 Å². The lowest BCUT2D eigenvalue weighted by atomic mass is 9.87. The van der Waals surface area contributed by atoms with Gasteiger partial charge in [0.15, 0.2) is 0 Å². The Labute approximate surface area is 228 Å². The minimum absolute atomic E-state index is 0.0101. The van der Waals surface area contributed by atoms with Crippen molar-refractivity contribution in [2.75, 3.05) is 6.54 Å². The predicted molar refractivity (Wildman–Crippen MR) is 152 cm³/mol. The summed E-state index contributed by atoms with van der Waals surface area (Å²) >= 11 is 0. The van der Waals surface area contributed by atoms with E-state index < -0.39 is 15.0 Å². The fourth-order valence-electron chi connectivity index (χ4n) is 4.87. The van der Waals surface area contributed by atoms with E-state index in [-0.39, 0.29) is 17.9 Å².